The van der Waals surface area contributed by atoms with Gasteiger partial charge in [0.25, 0.3) is 0 Å². The fourth-order valence-electron chi connectivity index (χ4n) is 2.43. The standard InChI is InChI=1S/C14H20BrN3O/c1-2-4-14(19)17-12-5-3-6-18(10-12)13-7-11(15)8-16-9-13/h7-9,12H,2-6,10H2,1H3,(H,17,19)/t12-/m1/s1. The second-order valence-corrected chi connectivity index (χ2v) is 5.88. The minimum atomic E-state index is 0.168. The summed E-state index contributed by atoms with van der Waals surface area (Å²) in [6.07, 6.45) is 7.35. The Balaban J connectivity index is 1.95. The largest absolute Gasteiger partial charge is 0.368 e. The maximum Gasteiger partial charge on any atom is 0.220 e. The quantitative estimate of drug-likeness (QED) is 0.925. The molecule has 0 aromatic carbocycles. The van der Waals surface area contributed by atoms with Gasteiger partial charge < -0.3 is 10.2 Å². The third-order valence-electron chi connectivity index (χ3n) is 3.32. The van der Waals surface area contributed by atoms with Crippen molar-refractivity contribution in [2.24, 2.45) is 0 Å². The molecular weight excluding hydrogens is 306 g/mol. The number of hydrogen-bond donors (Lipinski definition) is 1. The lowest BCUT2D eigenvalue weighted by Gasteiger charge is -2.34. The fraction of sp³-hybridized carbons (Fsp3) is 0.571. The van der Waals surface area contributed by atoms with Gasteiger partial charge in [-0.1, -0.05) is 6.92 Å². The molecule has 0 spiro atoms. The van der Waals surface area contributed by atoms with Crippen LogP contribution in [0.1, 0.15) is 32.6 Å². The molecule has 0 radical (unpaired) electrons. The predicted octanol–water partition coefficient (Wildman–Crippen LogP) is 2.73. The molecule has 2 heterocycles. The Morgan fingerprint density at radius 3 is 3.16 bits per heavy atom. The molecule has 4 nitrogen and oxygen atoms in total. The average molecular weight is 326 g/mol. The van der Waals surface area contributed by atoms with Gasteiger partial charge in [-0.05, 0) is 41.3 Å². The number of carbonyl (C=O) groups is 1. The van der Waals surface area contributed by atoms with E-state index in [0.717, 1.165) is 42.5 Å². The molecule has 1 atom stereocenters. The highest BCUT2D eigenvalue weighted by Crippen LogP contribution is 2.22. The maximum absolute atomic E-state index is 11.7. The summed E-state index contributed by atoms with van der Waals surface area (Å²) in [5.74, 6) is 0.168. The van der Waals surface area contributed by atoms with Crippen molar-refractivity contribution in [2.45, 2.75) is 38.6 Å². The Kier molecular flexibility index (Phi) is 5.19. The van der Waals surface area contributed by atoms with Crippen molar-refractivity contribution in [1.82, 2.24) is 10.3 Å². The van der Waals surface area contributed by atoms with E-state index in [1.165, 1.54) is 0 Å². The van der Waals surface area contributed by atoms with Gasteiger partial charge in [0.1, 0.15) is 0 Å². The van der Waals surface area contributed by atoms with Gasteiger partial charge in [-0.2, -0.15) is 0 Å². The number of nitrogens with zero attached hydrogens (tertiary/aromatic N) is 2. The molecule has 1 aromatic rings. The number of nitrogens with one attached hydrogen (secondary N) is 1. The molecule has 0 unspecified atom stereocenters. The third kappa shape index (κ3) is 4.20. The fourth-order valence-corrected chi connectivity index (χ4v) is 2.78. The number of rotatable bonds is 4. The molecule has 1 amide bonds. The Morgan fingerprint density at radius 2 is 2.42 bits per heavy atom. The van der Waals surface area contributed by atoms with Crippen molar-refractivity contribution in [2.75, 3.05) is 18.0 Å². The van der Waals surface area contributed by atoms with Crippen LogP contribution in [-0.2, 0) is 4.79 Å². The van der Waals surface area contributed by atoms with Crippen LogP contribution >= 0.6 is 15.9 Å². The van der Waals surface area contributed by atoms with Crippen molar-refractivity contribution in [3.8, 4) is 0 Å². The van der Waals surface area contributed by atoms with E-state index in [2.05, 4.69) is 37.2 Å². The van der Waals surface area contributed by atoms with Crippen LogP contribution in [0.25, 0.3) is 0 Å². The highest BCUT2D eigenvalue weighted by Gasteiger charge is 2.21. The van der Waals surface area contributed by atoms with Gasteiger partial charge in [0.15, 0.2) is 0 Å². The summed E-state index contributed by atoms with van der Waals surface area (Å²) in [4.78, 5) is 18.1. The highest BCUT2D eigenvalue weighted by molar-refractivity contribution is 9.10. The van der Waals surface area contributed by atoms with E-state index in [1.54, 1.807) is 6.20 Å². The van der Waals surface area contributed by atoms with E-state index in [1.807, 2.05) is 13.1 Å². The number of amides is 1. The maximum atomic E-state index is 11.7. The summed E-state index contributed by atoms with van der Waals surface area (Å²) in [5, 5.41) is 3.12. The molecule has 1 aliphatic heterocycles. The number of piperidine rings is 1. The zero-order chi connectivity index (χ0) is 13.7. The molecule has 0 bridgehead atoms. The Labute approximate surface area is 122 Å². The predicted molar refractivity (Wildman–Crippen MR) is 80.2 cm³/mol. The summed E-state index contributed by atoms with van der Waals surface area (Å²) in [6.45, 7) is 3.92. The molecule has 2 rings (SSSR count). The zero-order valence-electron chi connectivity index (χ0n) is 11.2. The van der Waals surface area contributed by atoms with Crippen LogP contribution in [-0.4, -0.2) is 30.0 Å². The SMILES string of the molecule is CCCC(=O)N[C@@H]1CCCN(c2cncc(Br)c2)C1. The van der Waals surface area contributed by atoms with E-state index in [0.29, 0.717) is 6.42 Å². The van der Waals surface area contributed by atoms with Crippen molar-refractivity contribution < 1.29 is 4.79 Å². The van der Waals surface area contributed by atoms with E-state index in [4.69, 9.17) is 0 Å². The summed E-state index contributed by atoms with van der Waals surface area (Å²) in [6, 6.07) is 2.33. The number of aromatic nitrogens is 1. The van der Waals surface area contributed by atoms with Crippen molar-refractivity contribution in [3.63, 3.8) is 0 Å². The smallest absolute Gasteiger partial charge is 0.220 e. The first-order chi connectivity index (χ1) is 9.19. The lowest BCUT2D eigenvalue weighted by Crippen LogP contribution is -2.47. The molecule has 104 valence electrons. The van der Waals surface area contributed by atoms with Crippen LogP contribution in [0.15, 0.2) is 22.9 Å². The van der Waals surface area contributed by atoms with Crippen LogP contribution in [0, 0.1) is 0 Å². The van der Waals surface area contributed by atoms with Crippen molar-refractivity contribution >= 4 is 27.5 Å². The summed E-state index contributed by atoms with van der Waals surface area (Å²) in [7, 11) is 0. The van der Waals surface area contributed by atoms with Crippen LogP contribution in [0.2, 0.25) is 0 Å². The summed E-state index contributed by atoms with van der Waals surface area (Å²) >= 11 is 3.45. The first-order valence-electron chi connectivity index (χ1n) is 6.84. The Hall–Kier alpha value is -1.10. The molecule has 1 fully saturated rings. The second kappa shape index (κ2) is 6.89. The summed E-state index contributed by atoms with van der Waals surface area (Å²) in [5.41, 5.74) is 1.11. The number of hydrogen-bond acceptors (Lipinski definition) is 3. The van der Waals surface area contributed by atoms with Gasteiger partial charge >= 0.3 is 0 Å². The molecule has 1 aliphatic rings. The number of anilines is 1. The van der Waals surface area contributed by atoms with Gasteiger partial charge in [0.2, 0.25) is 5.91 Å². The minimum absolute atomic E-state index is 0.168. The van der Waals surface area contributed by atoms with E-state index >= 15 is 0 Å². The molecular formula is C14H20BrN3O. The minimum Gasteiger partial charge on any atom is -0.368 e. The van der Waals surface area contributed by atoms with E-state index < -0.39 is 0 Å². The van der Waals surface area contributed by atoms with Crippen LogP contribution in [0.3, 0.4) is 0 Å². The lowest BCUT2D eigenvalue weighted by molar-refractivity contribution is -0.121. The van der Waals surface area contributed by atoms with Gasteiger partial charge in [-0.25, -0.2) is 0 Å². The topological polar surface area (TPSA) is 45.2 Å². The van der Waals surface area contributed by atoms with Gasteiger partial charge in [0, 0.05) is 36.2 Å². The number of pyridine rings is 1. The number of halogens is 1. The Bertz CT molecular complexity index is 438. The Morgan fingerprint density at radius 1 is 1.58 bits per heavy atom. The van der Waals surface area contributed by atoms with E-state index in [9.17, 15) is 4.79 Å². The monoisotopic (exact) mass is 325 g/mol. The average Bonchev–Trinajstić information content (AvgIpc) is 2.39. The van der Waals surface area contributed by atoms with Crippen LogP contribution in [0.4, 0.5) is 5.69 Å². The molecule has 0 aliphatic carbocycles. The molecule has 1 N–H and O–H groups in total. The molecule has 5 heteroatoms. The summed E-state index contributed by atoms with van der Waals surface area (Å²) < 4.78 is 0.988. The highest BCUT2D eigenvalue weighted by atomic mass is 79.9. The van der Waals surface area contributed by atoms with Gasteiger partial charge in [-0.3, -0.25) is 9.78 Å². The zero-order valence-corrected chi connectivity index (χ0v) is 12.8. The van der Waals surface area contributed by atoms with Gasteiger partial charge in [0.05, 0.1) is 11.9 Å². The first kappa shape index (κ1) is 14.3. The second-order valence-electron chi connectivity index (χ2n) is 4.96. The number of carbonyl (C=O) groups excluding carboxylic acids is 1. The van der Waals surface area contributed by atoms with Crippen LogP contribution < -0.4 is 10.2 Å². The normalized spacial score (nSPS) is 19.3. The molecule has 19 heavy (non-hydrogen) atoms. The first-order valence-corrected chi connectivity index (χ1v) is 7.63. The lowest BCUT2D eigenvalue weighted by atomic mass is 10.0. The van der Waals surface area contributed by atoms with Gasteiger partial charge in [-0.15, -0.1) is 0 Å². The van der Waals surface area contributed by atoms with E-state index in [-0.39, 0.29) is 11.9 Å². The van der Waals surface area contributed by atoms with Crippen LogP contribution in [0.5, 0.6) is 0 Å². The van der Waals surface area contributed by atoms with Crippen molar-refractivity contribution in [1.29, 1.82) is 0 Å². The molecule has 1 aromatic heterocycles. The third-order valence-corrected chi connectivity index (χ3v) is 3.75. The molecule has 1 saturated heterocycles. The van der Waals surface area contributed by atoms with Crippen molar-refractivity contribution in [3.05, 3.63) is 22.9 Å². The molecule has 0 saturated carbocycles.